The molecule has 0 aliphatic carbocycles. The lowest BCUT2D eigenvalue weighted by atomic mass is 10.1. The molecule has 1 N–H and O–H groups in total. The molecule has 0 fully saturated rings. The topological polar surface area (TPSA) is 76.1 Å². The summed E-state index contributed by atoms with van der Waals surface area (Å²) in [6.07, 6.45) is 0.939. The molecule has 0 saturated heterocycles. The molecule has 0 bridgehead atoms. The van der Waals surface area contributed by atoms with Gasteiger partial charge in [0.2, 0.25) is 0 Å². The van der Waals surface area contributed by atoms with Crippen LogP contribution in [0.1, 0.15) is 30.1 Å². The quantitative estimate of drug-likeness (QED) is 0.771. The van der Waals surface area contributed by atoms with Crippen LogP contribution in [0.4, 0.5) is 5.69 Å². The average molecular weight is 355 g/mol. The highest BCUT2D eigenvalue weighted by molar-refractivity contribution is 6.00. The van der Waals surface area contributed by atoms with Gasteiger partial charge in [-0.3, -0.25) is 4.79 Å². The Morgan fingerprint density at radius 3 is 2.69 bits per heavy atom. The number of rotatable bonds is 7. The maximum atomic E-state index is 12.4. The smallest absolute Gasteiger partial charge is 0.335 e. The van der Waals surface area contributed by atoms with Gasteiger partial charge in [0, 0.05) is 6.54 Å². The molecule has 1 aliphatic rings. The largest absolute Gasteiger partial charge is 0.494 e. The molecule has 3 rings (SSSR count). The Kier molecular flexibility index (Phi) is 5.41. The summed E-state index contributed by atoms with van der Waals surface area (Å²) >= 11 is 0. The molecule has 1 atom stereocenters. The number of unbranched alkanes of at least 4 members (excludes halogenated alkanes) is 1. The van der Waals surface area contributed by atoms with Crippen LogP contribution in [0.15, 0.2) is 48.5 Å². The molecule has 136 valence electrons. The standard InChI is InChI=1S/C20H21NO5/c1-14-19(22)21(11-5-6-12-25-16-7-3-2-4-8-16)17-10-9-15(20(23)24)13-18(17)26-14/h2-4,7-10,13-14H,5-6,11-12H2,1H3,(H,23,24). The maximum Gasteiger partial charge on any atom is 0.335 e. The normalized spacial score (nSPS) is 16.0. The fraction of sp³-hybridized carbons (Fsp3) is 0.300. The van der Waals surface area contributed by atoms with E-state index in [0.717, 1.165) is 18.6 Å². The van der Waals surface area contributed by atoms with Gasteiger partial charge in [-0.1, -0.05) is 18.2 Å². The number of anilines is 1. The summed E-state index contributed by atoms with van der Waals surface area (Å²) in [7, 11) is 0. The van der Waals surface area contributed by atoms with Crippen LogP contribution in [0.25, 0.3) is 0 Å². The van der Waals surface area contributed by atoms with E-state index in [1.807, 2.05) is 30.3 Å². The van der Waals surface area contributed by atoms with Crippen molar-refractivity contribution in [1.29, 1.82) is 0 Å². The molecule has 26 heavy (non-hydrogen) atoms. The van der Waals surface area contributed by atoms with Crippen molar-refractivity contribution in [3.63, 3.8) is 0 Å². The monoisotopic (exact) mass is 355 g/mol. The number of carbonyl (C=O) groups is 2. The Morgan fingerprint density at radius 1 is 1.19 bits per heavy atom. The zero-order chi connectivity index (χ0) is 18.5. The molecule has 2 aromatic carbocycles. The van der Waals surface area contributed by atoms with E-state index in [0.29, 0.717) is 24.6 Å². The lowest BCUT2D eigenvalue weighted by molar-refractivity contribution is -0.125. The number of carbonyl (C=O) groups excluding carboxylic acids is 1. The van der Waals surface area contributed by atoms with Gasteiger partial charge >= 0.3 is 5.97 Å². The number of carboxylic acid groups (broad SMARTS) is 1. The Hall–Kier alpha value is -3.02. The number of ether oxygens (including phenoxy) is 2. The summed E-state index contributed by atoms with van der Waals surface area (Å²) in [5.74, 6) is 0.114. The number of amides is 1. The van der Waals surface area contributed by atoms with Crippen LogP contribution >= 0.6 is 0 Å². The van der Waals surface area contributed by atoms with Gasteiger partial charge in [0.1, 0.15) is 11.5 Å². The molecule has 0 saturated carbocycles. The van der Waals surface area contributed by atoms with E-state index in [1.54, 1.807) is 17.9 Å². The zero-order valence-corrected chi connectivity index (χ0v) is 14.6. The van der Waals surface area contributed by atoms with Crippen molar-refractivity contribution in [3.8, 4) is 11.5 Å². The molecule has 1 heterocycles. The Balaban J connectivity index is 1.60. The highest BCUT2D eigenvalue weighted by Gasteiger charge is 2.31. The summed E-state index contributed by atoms with van der Waals surface area (Å²) < 4.78 is 11.2. The highest BCUT2D eigenvalue weighted by atomic mass is 16.5. The number of benzene rings is 2. The van der Waals surface area contributed by atoms with Crippen molar-refractivity contribution in [3.05, 3.63) is 54.1 Å². The van der Waals surface area contributed by atoms with E-state index in [-0.39, 0.29) is 11.5 Å². The molecule has 1 aliphatic heterocycles. The Labute approximate surface area is 152 Å². The molecule has 0 radical (unpaired) electrons. The van der Waals surface area contributed by atoms with Crippen LogP contribution in [0.2, 0.25) is 0 Å². The second-order valence-corrected chi connectivity index (χ2v) is 6.11. The van der Waals surface area contributed by atoms with Crippen LogP contribution in [0.5, 0.6) is 11.5 Å². The van der Waals surface area contributed by atoms with Crippen LogP contribution in [-0.2, 0) is 4.79 Å². The van der Waals surface area contributed by atoms with Gasteiger partial charge in [-0.2, -0.15) is 0 Å². The van der Waals surface area contributed by atoms with Gasteiger partial charge < -0.3 is 19.5 Å². The lowest BCUT2D eigenvalue weighted by Gasteiger charge is -2.33. The minimum atomic E-state index is -1.02. The average Bonchev–Trinajstić information content (AvgIpc) is 2.64. The van der Waals surface area contributed by atoms with E-state index >= 15 is 0 Å². The van der Waals surface area contributed by atoms with E-state index < -0.39 is 12.1 Å². The molecule has 6 heteroatoms. The van der Waals surface area contributed by atoms with Gasteiger partial charge in [0.15, 0.2) is 6.10 Å². The molecule has 1 amide bonds. The van der Waals surface area contributed by atoms with Crippen molar-refractivity contribution in [2.24, 2.45) is 0 Å². The minimum Gasteiger partial charge on any atom is -0.494 e. The van der Waals surface area contributed by atoms with Gasteiger partial charge in [-0.25, -0.2) is 4.79 Å². The van der Waals surface area contributed by atoms with Crippen molar-refractivity contribution in [1.82, 2.24) is 0 Å². The third kappa shape index (κ3) is 3.96. The summed E-state index contributed by atoms with van der Waals surface area (Å²) in [6.45, 7) is 2.78. The van der Waals surface area contributed by atoms with Crippen molar-refractivity contribution in [2.45, 2.75) is 25.9 Å². The van der Waals surface area contributed by atoms with Crippen molar-refractivity contribution < 1.29 is 24.2 Å². The van der Waals surface area contributed by atoms with E-state index in [2.05, 4.69) is 0 Å². The summed E-state index contributed by atoms with van der Waals surface area (Å²) in [5.41, 5.74) is 0.753. The Bertz CT molecular complexity index is 790. The summed E-state index contributed by atoms with van der Waals surface area (Å²) in [6, 6.07) is 14.2. The van der Waals surface area contributed by atoms with Gasteiger partial charge in [-0.15, -0.1) is 0 Å². The first-order valence-electron chi connectivity index (χ1n) is 8.59. The molecular formula is C20H21NO5. The van der Waals surface area contributed by atoms with Crippen LogP contribution in [-0.4, -0.2) is 36.2 Å². The third-order valence-corrected chi connectivity index (χ3v) is 4.20. The van der Waals surface area contributed by atoms with E-state index in [4.69, 9.17) is 14.6 Å². The highest BCUT2D eigenvalue weighted by Crippen LogP contribution is 2.35. The molecule has 2 aromatic rings. The predicted molar refractivity (Wildman–Crippen MR) is 97.0 cm³/mol. The lowest BCUT2D eigenvalue weighted by Crippen LogP contribution is -2.45. The summed E-state index contributed by atoms with van der Waals surface area (Å²) in [5, 5.41) is 9.11. The third-order valence-electron chi connectivity index (χ3n) is 4.20. The van der Waals surface area contributed by atoms with E-state index in [9.17, 15) is 9.59 Å². The zero-order valence-electron chi connectivity index (χ0n) is 14.6. The van der Waals surface area contributed by atoms with E-state index in [1.165, 1.54) is 12.1 Å². The second-order valence-electron chi connectivity index (χ2n) is 6.11. The fourth-order valence-corrected chi connectivity index (χ4v) is 2.85. The first-order valence-corrected chi connectivity index (χ1v) is 8.59. The van der Waals surface area contributed by atoms with Crippen molar-refractivity contribution in [2.75, 3.05) is 18.1 Å². The molecule has 0 aromatic heterocycles. The van der Waals surface area contributed by atoms with Crippen LogP contribution in [0.3, 0.4) is 0 Å². The molecular weight excluding hydrogens is 334 g/mol. The summed E-state index contributed by atoms with van der Waals surface area (Å²) in [4.78, 5) is 25.2. The van der Waals surface area contributed by atoms with Gasteiger partial charge in [0.05, 0.1) is 17.9 Å². The predicted octanol–water partition coefficient (Wildman–Crippen LogP) is 3.36. The van der Waals surface area contributed by atoms with Crippen LogP contribution < -0.4 is 14.4 Å². The SMILES string of the molecule is CC1Oc2cc(C(=O)O)ccc2N(CCCCOc2ccccc2)C1=O. The first-order chi connectivity index (χ1) is 12.6. The number of hydrogen-bond donors (Lipinski definition) is 1. The number of para-hydroxylation sites is 1. The molecule has 6 nitrogen and oxygen atoms in total. The number of fused-ring (bicyclic) bond motifs is 1. The number of carboxylic acids is 1. The second kappa shape index (κ2) is 7.91. The van der Waals surface area contributed by atoms with Gasteiger partial charge in [-0.05, 0) is 50.1 Å². The molecule has 1 unspecified atom stereocenters. The molecule has 0 spiro atoms. The fourth-order valence-electron chi connectivity index (χ4n) is 2.85. The minimum absolute atomic E-state index is 0.121. The van der Waals surface area contributed by atoms with Crippen molar-refractivity contribution >= 4 is 17.6 Å². The van der Waals surface area contributed by atoms with Gasteiger partial charge in [0.25, 0.3) is 5.91 Å². The first kappa shape index (κ1) is 17.8. The Morgan fingerprint density at radius 2 is 1.96 bits per heavy atom. The maximum absolute atomic E-state index is 12.4. The number of nitrogens with zero attached hydrogens (tertiary/aromatic N) is 1. The number of aromatic carboxylic acids is 1. The number of hydrogen-bond acceptors (Lipinski definition) is 4. The van der Waals surface area contributed by atoms with Crippen LogP contribution in [0, 0.1) is 0 Å².